The first-order valence-corrected chi connectivity index (χ1v) is 8.78. The summed E-state index contributed by atoms with van der Waals surface area (Å²) in [5, 5.41) is 5.08. The Labute approximate surface area is 184 Å². The van der Waals surface area contributed by atoms with Gasteiger partial charge in [-0.1, -0.05) is 13.7 Å². The van der Waals surface area contributed by atoms with Crippen molar-refractivity contribution >= 4 is 29.2 Å². The summed E-state index contributed by atoms with van der Waals surface area (Å²) in [6.07, 6.45) is 1.47. The van der Waals surface area contributed by atoms with Crippen molar-refractivity contribution in [3.63, 3.8) is 0 Å². The normalized spacial score (nSPS) is 21.4. The fourth-order valence-corrected chi connectivity index (χ4v) is 3.22. The number of aromatic amines is 1. The molecule has 3 N–H and O–H groups in total. The highest BCUT2D eigenvalue weighted by Crippen LogP contribution is 2.34. The van der Waals surface area contributed by atoms with Crippen molar-refractivity contribution in [1.82, 2.24) is 15.2 Å². The van der Waals surface area contributed by atoms with E-state index in [0.717, 1.165) is 0 Å². The molecule has 0 fully saturated rings. The minimum absolute atomic E-state index is 0.0717. The number of rotatable bonds is 7. The predicted octanol–water partition coefficient (Wildman–Crippen LogP) is 3.33. The van der Waals surface area contributed by atoms with Gasteiger partial charge in [0.25, 0.3) is 11.8 Å². The maximum absolute atomic E-state index is 13.8. The Bertz CT molecular complexity index is 1310. The molecular weight excluding hydrogens is 371 g/mol. The molecule has 29 heavy (non-hydrogen) atoms. The molecule has 0 unspecified atom stereocenters. The van der Waals surface area contributed by atoms with Crippen molar-refractivity contribution in [3.05, 3.63) is 52.1 Å². The number of halogens is 1. The van der Waals surface area contributed by atoms with Crippen LogP contribution in [0.2, 0.25) is 0 Å². The van der Waals surface area contributed by atoms with E-state index in [9.17, 15) is 14.0 Å². The Kier molecular flexibility index (Phi) is 3.36. The lowest BCUT2D eigenvalue weighted by molar-refractivity contribution is -0.110. The molecule has 0 radical (unpaired) electrons. The SMILES string of the molecule is [2H]C([2H])([2H])C([2H])([2H])N(CCNC(=O)c1c(C)[nH]c(C=C2C(=O)Nc3ccc(F)cc32)c1C)C([2H])([2H])C([2H])([2H])[2H]. The zero-order chi connectivity index (χ0) is 29.7. The molecule has 2 heterocycles. The molecule has 1 aromatic carbocycles. The maximum Gasteiger partial charge on any atom is 0.256 e. The van der Waals surface area contributed by atoms with Gasteiger partial charge in [0.15, 0.2) is 0 Å². The molecule has 0 spiro atoms. The number of likely N-dealkylation sites (N-methyl/N-ethyl adjacent to an activating group) is 1. The van der Waals surface area contributed by atoms with Gasteiger partial charge >= 0.3 is 0 Å². The average molecular weight is 409 g/mol. The third-order valence-corrected chi connectivity index (χ3v) is 4.65. The number of aromatic nitrogens is 1. The zero-order valence-electron chi connectivity index (χ0n) is 25.9. The summed E-state index contributed by atoms with van der Waals surface area (Å²) in [7, 11) is 0. The van der Waals surface area contributed by atoms with Gasteiger partial charge in [0.05, 0.1) is 11.1 Å². The van der Waals surface area contributed by atoms with E-state index in [1.165, 1.54) is 24.3 Å². The highest BCUT2D eigenvalue weighted by atomic mass is 19.1. The minimum atomic E-state index is -3.39. The number of aryl methyl sites for hydroxylation is 1. The van der Waals surface area contributed by atoms with Crippen molar-refractivity contribution in [1.29, 1.82) is 0 Å². The summed E-state index contributed by atoms with van der Waals surface area (Å²) in [4.78, 5) is 28.5. The number of anilines is 1. The monoisotopic (exact) mass is 408 g/mol. The molecule has 6 nitrogen and oxygen atoms in total. The van der Waals surface area contributed by atoms with Gasteiger partial charge in [-0.15, -0.1) is 0 Å². The largest absolute Gasteiger partial charge is 0.358 e. The summed E-state index contributed by atoms with van der Waals surface area (Å²) in [5.74, 6) is -1.67. The number of nitrogens with one attached hydrogen (secondary N) is 3. The van der Waals surface area contributed by atoms with Crippen LogP contribution in [0.15, 0.2) is 18.2 Å². The van der Waals surface area contributed by atoms with Crippen molar-refractivity contribution in [3.8, 4) is 0 Å². The van der Waals surface area contributed by atoms with Gasteiger partial charge in [-0.05, 0) is 56.7 Å². The number of carbonyl (C=O) groups excluding carboxylic acids is 2. The Morgan fingerprint density at radius 2 is 2.10 bits per heavy atom. The summed E-state index contributed by atoms with van der Waals surface area (Å²) in [6, 6.07) is 3.85. The van der Waals surface area contributed by atoms with Gasteiger partial charge in [0, 0.05) is 49.4 Å². The van der Waals surface area contributed by atoms with Crippen LogP contribution in [0.3, 0.4) is 0 Å². The molecule has 1 aliphatic rings. The molecule has 1 aliphatic heterocycles. The van der Waals surface area contributed by atoms with E-state index in [1.54, 1.807) is 13.8 Å². The van der Waals surface area contributed by atoms with Crippen LogP contribution >= 0.6 is 0 Å². The molecule has 154 valence electrons. The minimum Gasteiger partial charge on any atom is -0.358 e. The molecule has 2 aromatic rings. The third kappa shape index (κ3) is 4.24. The number of carbonyl (C=O) groups is 2. The van der Waals surface area contributed by atoms with E-state index in [-0.39, 0.29) is 16.0 Å². The number of fused-ring (bicyclic) bond motifs is 1. The van der Waals surface area contributed by atoms with Gasteiger partial charge in [-0.25, -0.2) is 4.39 Å². The van der Waals surface area contributed by atoms with E-state index in [4.69, 9.17) is 13.7 Å². The van der Waals surface area contributed by atoms with Crippen LogP contribution in [0.4, 0.5) is 10.1 Å². The first-order chi connectivity index (χ1) is 17.7. The second-order valence-electron chi connectivity index (χ2n) is 6.50. The van der Waals surface area contributed by atoms with E-state index in [1.807, 2.05) is 0 Å². The van der Waals surface area contributed by atoms with Crippen LogP contribution in [0.1, 0.15) is 60.3 Å². The Morgan fingerprint density at radius 1 is 1.34 bits per heavy atom. The smallest absolute Gasteiger partial charge is 0.256 e. The van der Waals surface area contributed by atoms with Crippen molar-refractivity contribution in [2.75, 3.05) is 31.4 Å². The highest BCUT2D eigenvalue weighted by Gasteiger charge is 2.26. The van der Waals surface area contributed by atoms with Gasteiger partial charge in [-0.2, -0.15) is 0 Å². The lowest BCUT2D eigenvalue weighted by atomic mass is 10.0. The van der Waals surface area contributed by atoms with Gasteiger partial charge in [0.1, 0.15) is 5.82 Å². The molecule has 0 aliphatic carbocycles. The molecule has 2 amide bonds. The molecule has 1 aromatic heterocycles. The first-order valence-electron chi connectivity index (χ1n) is 13.8. The Morgan fingerprint density at radius 3 is 2.83 bits per heavy atom. The molecule has 0 saturated carbocycles. The van der Waals surface area contributed by atoms with Crippen molar-refractivity contribution in [2.24, 2.45) is 0 Å². The predicted molar refractivity (Wildman–Crippen MR) is 113 cm³/mol. The van der Waals surface area contributed by atoms with E-state index >= 15 is 0 Å². The van der Waals surface area contributed by atoms with Crippen LogP contribution in [-0.4, -0.2) is 47.8 Å². The van der Waals surface area contributed by atoms with Gasteiger partial charge in [-0.3, -0.25) is 9.59 Å². The van der Waals surface area contributed by atoms with E-state index < -0.39 is 57.4 Å². The molecule has 3 rings (SSSR count). The molecule has 0 bridgehead atoms. The fraction of sp³-hybridized carbons (Fsp3) is 0.364. The second kappa shape index (κ2) is 8.61. The number of hydrogen-bond donors (Lipinski definition) is 3. The standard InChI is InChI=1S/C22H27FN4O2/c1-5-27(6-2)10-9-24-22(29)20-13(3)19(25-14(20)4)12-17-16-11-15(23)7-8-18(16)26-21(17)28/h7-8,11-12,25H,5-6,9-10H2,1-4H3,(H,24,29)(H,26,28)/i1D3,2D3,5D2,6D2. The third-order valence-electron chi connectivity index (χ3n) is 4.65. The summed E-state index contributed by atoms with van der Waals surface area (Å²) >= 11 is 0. The molecular formula is C22H27FN4O2. The topological polar surface area (TPSA) is 77.2 Å². The fourth-order valence-electron chi connectivity index (χ4n) is 3.22. The van der Waals surface area contributed by atoms with Crippen LogP contribution < -0.4 is 10.6 Å². The Balaban J connectivity index is 1.85. The number of amides is 2. The summed E-state index contributed by atoms with van der Waals surface area (Å²) < 4.78 is 90.2. The van der Waals surface area contributed by atoms with Crippen LogP contribution in [0.25, 0.3) is 11.6 Å². The van der Waals surface area contributed by atoms with E-state index in [2.05, 4.69) is 15.6 Å². The van der Waals surface area contributed by atoms with Crippen LogP contribution in [0.5, 0.6) is 0 Å². The summed E-state index contributed by atoms with van der Waals surface area (Å²) in [5.41, 5.74) is 2.32. The number of H-pyrrole nitrogens is 1. The quantitative estimate of drug-likeness (QED) is 0.615. The van der Waals surface area contributed by atoms with Crippen LogP contribution in [-0.2, 0) is 4.79 Å². The zero-order valence-corrected chi connectivity index (χ0v) is 15.9. The lowest BCUT2D eigenvalue weighted by Crippen LogP contribution is -2.35. The summed E-state index contributed by atoms with van der Waals surface area (Å²) in [6.45, 7) is -11.6. The van der Waals surface area contributed by atoms with Crippen molar-refractivity contribution in [2.45, 2.75) is 27.6 Å². The van der Waals surface area contributed by atoms with E-state index in [0.29, 0.717) is 28.2 Å². The van der Waals surface area contributed by atoms with Gasteiger partial charge in [0.2, 0.25) is 0 Å². The molecule has 0 saturated heterocycles. The number of nitrogens with zero attached hydrogens (tertiary/aromatic N) is 1. The lowest BCUT2D eigenvalue weighted by Gasteiger charge is -2.18. The first kappa shape index (κ1) is 11.3. The van der Waals surface area contributed by atoms with Crippen molar-refractivity contribution < 1.29 is 27.7 Å². The van der Waals surface area contributed by atoms with Gasteiger partial charge < -0.3 is 20.5 Å². The molecule has 0 atom stereocenters. The Hall–Kier alpha value is -2.93. The number of hydrogen-bond acceptors (Lipinski definition) is 3. The maximum atomic E-state index is 13.8. The highest BCUT2D eigenvalue weighted by molar-refractivity contribution is 6.34. The second-order valence-corrected chi connectivity index (χ2v) is 6.50. The van der Waals surface area contributed by atoms with Crippen LogP contribution in [0, 0.1) is 19.7 Å². The number of benzene rings is 1. The average Bonchev–Trinajstić information content (AvgIpc) is 3.24. The molecule has 7 heteroatoms.